The van der Waals surface area contributed by atoms with Crippen LogP contribution in [0.15, 0.2) is 18.2 Å². The molecule has 7 heteroatoms. The Bertz CT molecular complexity index is 925. The third-order valence-corrected chi connectivity index (χ3v) is 5.24. The summed E-state index contributed by atoms with van der Waals surface area (Å²) in [7, 11) is 1.85. The minimum atomic E-state index is -0.403. The van der Waals surface area contributed by atoms with Crippen molar-refractivity contribution >= 4 is 23.0 Å². The van der Waals surface area contributed by atoms with E-state index in [4.69, 9.17) is 4.74 Å². The van der Waals surface area contributed by atoms with Crippen LogP contribution in [0.4, 0.5) is 17.5 Å². The number of β-amino-alcohol motifs (C(OH)–C–C–N with tert-alkyl or cyclic N) is 1. The van der Waals surface area contributed by atoms with E-state index >= 15 is 0 Å². The Balaban J connectivity index is 1.77. The number of ether oxygens (including phenoxy) is 1. The molecule has 2 aliphatic rings. The predicted octanol–water partition coefficient (Wildman–Crippen LogP) is 2.55. The number of aromatic nitrogens is 2. The lowest BCUT2D eigenvalue weighted by Gasteiger charge is -2.20. The van der Waals surface area contributed by atoms with Gasteiger partial charge in [-0.25, -0.2) is 4.98 Å². The molecule has 0 saturated carbocycles. The van der Waals surface area contributed by atoms with Gasteiger partial charge in [0.05, 0.1) is 12.7 Å². The van der Waals surface area contributed by atoms with E-state index in [9.17, 15) is 5.11 Å². The number of anilines is 3. The second-order valence-corrected chi connectivity index (χ2v) is 7.35. The molecule has 0 saturated heterocycles. The number of fused-ring (bicyclic) bond motifs is 1. The maximum atomic E-state index is 10.3. The lowest BCUT2D eigenvalue weighted by atomic mass is 9.91. The number of nitrogens with zero attached hydrogens (tertiary/aromatic N) is 2. The van der Waals surface area contributed by atoms with Gasteiger partial charge in [0.1, 0.15) is 11.6 Å². The molecule has 2 aliphatic heterocycles. The van der Waals surface area contributed by atoms with Crippen LogP contribution in [0.1, 0.15) is 28.8 Å². The SMILES string of the molecule is CNc1cc(C)nc(Nc2cc3c(c(C4=CCNC[C@H](O)C4)c2C)OCC3)n1. The summed E-state index contributed by atoms with van der Waals surface area (Å²) in [5.74, 6) is 2.29. The maximum absolute atomic E-state index is 10.3. The maximum Gasteiger partial charge on any atom is 0.229 e. The third kappa shape index (κ3) is 3.68. The van der Waals surface area contributed by atoms with Gasteiger partial charge >= 0.3 is 0 Å². The zero-order valence-electron chi connectivity index (χ0n) is 16.6. The Hall–Kier alpha value is -2.64. The molecule has 0 spiro atoms. The van der Waals surface area contributed by atoms with Crippen LogP contribution in [0.3, 0.4) is 0 Å². The van der Waals surface area contributed by atoms with Gasteiger partial charge in [-0.1, -0.05) is 6.08 Å². The monoisotopic (exact) mass is 381 g/mol. The molecule has 3 heterocycles. The summed E-state index contributed by atoms with van der Waals surface area (Å²) in [6, 6.07) is 4.04. The Morgan fingerprint density at radius 1 is 1.25 bits per heavy atom. The topological polar surface area (TPSA) is 91.3 Å². The molecular formula is C21H27N5O2. The highest BCUT2D eigenvalue weighted by Crippen LogP contribution is 2.42. The lowest BCUT2D eigenvalue weighted by molar-refractivity contribution is 0.180. The largest absolute Gasteiger partial charge is 0.492 e. The number of aliphatic hydroxyl groups excluding tert-OH is 1. The van der Waals surface area contributed by atoms with Gasteiger partial charge in [0.25, 0.3) is 0 Å². The first kappa shape index (κ1) is 18.7. The predicted molar refractivity (Wildman–Crippen MR) is 111 cm³/mol. The highest BCUT2D eigenvalue weighted by Gasteiger charge is 2.25. The lowest BCUT2D eigenvalue weighted by Crippen LogP contribution is -2.24. The van der Waals surface area contributed by atoms with E-state index in [1.165, 1.54) is 5.56 Å². The zero-order valence-corrected chi connectivity index (χ0v) is 16.6. The van der Waals surface area contributed by atoms with Crippen molar-refractivity contribution in [3.8, 4) is 5.75 Å². The van der Waals surface area contributed by atoms with Gasteiger partial charge in [-0.2, -0.15) is 4.98 Å². The Labute approximate surface area is 165 Å². The van der Waals surface area contributed by atoms with Gasteiger partial charge < -0.3 is 25.8 Å². The molecule has 4 N–H and O–H groups in total. The smallest absolute Gasteiger partial charge is 0.229 e. The standard InChI is InChI=1S/C21H27N5O2/c1-12-8-18(22-3)26-21(24-12)25-17-10-15-5-7-28-20(15)19(13(17)2)14-4-6-23-11-16(27)9-14/h4,8,10,16,23,27H,5-7,9,11H2,1-3H3,(H2,22,24,25,26)/t16-/m1/s1. The fourth-order valence-corrected chi connectivity index (χ4v) is 3.88. The molecule has 0 fully saturated rings. The summed E-state index contributed by atoms with van der Waals surface area (Å²) < 4.78 is 5.99. The molecular weight excluding hydrogens is 354 g/mol. The van der Waals surface area contributed by atoms with Crippen LogP contribution in [-0.2, 0) is 6.42 Å². The first-order valence-electron chi connectivity index (χ1n) is 9.73. The molecule has 0 aliphatic carbocycles. The Morgan fingerprint density at radius 2 is 2.11 bits per heavy atom. The molecule has 0 amide bonds. The Kier molecular flexibility index (Phi) is 5.19. The average Bonchev–Trinajstić information content (AvgIpc) is 3.01. The summed E-state index contributed by atoms with van der Waals surface area (Å²) in [4.78, 5) is 9.04. The van der Waals surface area contributed by atoms with Crippen LogP contribution in [-0.4, -0.2) is 47.9 Å². The average molecular weight is 381 g/mol. The van der Waals surface area contributed by atoms with E-state index in [0.717, 1.165) is 52.6 Å². The van der Waals surface area contributed by atoms with Gasteiger partial charge in [0.15, 0.2) is 0 Å². The summed E-state index contributed by atoms with van der Waals surface area (Å²) in [6.45, 7) is 6.06. The Morgan fingerprint density at radius 3 is 2.93 bits per heavy atom. The number of aryl methyl sites for hydroxylation is 1. The van der Waals surface area contributed by atoms with Gasteiger partial charge in [-0.3, -0.25) is 0 Å². The quantitative estimate of drug-likeness (QED) is 0.647. The number of hydrogen-bond donors (Lipinski definition) is 4. The molecule has 28 heavy (non-hydrogen) atoms. The van der Waals surface area contributed by atoms with Crippen molar-refractivity contribution in [2.45, 2.75) is 32.8 Å². The van der Waals surface area contributed by atoms with Crippen molar-refractivity contribution in [1.29, 1.82) is 0 Å². The molecule has 4 rings (SSSR count). The minimum Gasteiger partial charge on any atom is -0.492 e. The van der Waals surface area contributed by atoms with E-state index in [0.29, 0.717) is 25.5 Å². The molecule has 7 nitrogen and oxygen atoms in total. The van der Waals surface area contributed by atoms with Gasteiger partial charge in [0, 0.05) is 61.6 Å². The van der Waals surface area contributed by atoms with E-state index in [-0.39, 0.29) is 0 Å². The highest BCUT2D eigenvalue weighted by atomic mass is 16.5. The summed E-state index contributed by atoms with van der Waals surface area (Å²) >= 11 is 0. The van der Waals surface area contributed by atoms with Gasteiger partial charge in [0.2, 0.25) is 5.95 Å². The minimum absolute atomic E-state index is 0.403. The number of hydrogen-bond acceptors (Lipinski definition) is 7. The van der Waals surface area contributed by atoms with Crippen molar-refractivity contribution in [3.05, 3.63) is 40.6 Å². The normalized spacial score (nSPS) is 18.7. The highest BCUT2D eigenvalue weighted by molar-refractivity contribution is 5.81. The van der Waals surface area contributed by atoms with E-state index in [2.05, 4.69) is 45.0 Å². The molecule has 0 bridgehead atoms. The zero-order chi connectivity index (χ0) is 19.7. The van der Waals surface area contributed by atoms with Crippen molar-refractivity contribution in [3.63, 3.8) is 0 Å². The van der Waals surface area contributed by atoms with Gasteiger partial charge in [-0.05, 0) is 31.1 Å². The molecule has 1 aromatic carbocycles. The van der Waals surface area contributed by atoms with Crippen LogP contribution in [0.25, 0.3) is 5.57 Å². The van der Waals surface area contributed by atoms with Crippen LogP contribution in [0, 0.1) is 13.8 Å². The van der Waals surface area contributed by atoms with Crippen LogP contribution >= 0.6 is 0 Å². The molecule has 148 valence electrons. The van der Waals surface area contributed by atoms with E-state index < -0.39 is 6.10 Å². The van der Waals surface area contributed by atoms with E-state index in [1.54, 1.807) is 0 Å². The number of aliphatic hydroxyl groups is 1. The fourth-order valence-electron chi connectivity index (χ4n) is 3.88. The molecule has 1 aromatic heterocycles. The van der Waals surface area contributed by atoms with Crippen molar-refractivity contribution in [2.24, 2.45) is 0 Å². The van der Waals surface area contributed by atoms with Crippen LogP contribution in [0.2, 0.25) is 0 Å². The number of nitrogens with one attached hydrogen (secondary N) is 3. The van der Waals surface area contributed by atoms with Crippen molar-refractivity contribution < 1.29 is 9.84 Å². The second kappa shape index (κ2) is 7.77. The molecule has 1 atom stereocenters. The number of benzene rings is 1. The fraction of sp³-hybridized carbons (Fsp3) is 0.429. The summed E-state index contributed by atoms with van der Waals surface area (Å²) in [5.41, 5.74) is 6.33. The second-order valence-electron chi connectivity index (χ2n) is 7.35. The first-order chi connectivity index (χ1) is 13.5. The van der Waals surface area contributed by atoms with Crippen LogP contribution < -0.4 is 20.7 Å². The van der Waals surface area contributed by atoms with Gasteiger partial charge in [-0.15, -0.1) is 0 Å². The van der Waals surface area contributed by atoms with Crippen molar-refractivity contribution in [1.82, 2.24) is 15.3 Å². The van der Waals surface area contributed by atoms with E-state index in [1.807, 2.05) is 20.0 Å². The first-order valence-corrected chi connectivity index (χ1v) is 9.73. The molecule has 0 unspecified atom stereocenters. The summed E-state index contributed by atoms with van der Waals surface area (Å²) in [5, 5.41) is 20.0. The van der Waals surface area contributed by atoms with Crippen LogP contribution in [0.5, 0.6) is 5.75 Å². The molecule has 0 radical (unpaired) electrons. The van der Waals surface area contributed by atoms with Crippen molar-refractivity contribution in [2.75, 3.05) is 37.4 Å². The number of rotatable bonds is 4. The third-order valence-electron chi connectivity index (χ3n) is 5.24. The molecule has 2 aromatic rings. The summed E-state index contributed by atoms with van der Waals surface area (Å²) in [6.07, 6.45) is 3.24.